The molecule has 0 spiro atoms. The van der Waals surface area contributed by atoms with Crippen LogP contribution in [-0.2, 0) is 0 Å². The number of nitrogens with zero attached hydrogens (tertiary/aromatic N) is 3. The molecule has 1 N–H and O–H groups in total. The van der Waals surface area contributed by atoms with Crippen LogP contribution in [0.3, 0.4) is 0 Å². The Balaban J connectivity index is 1.94. The van der Waals surface area contributed by atoms with Gasteiger partial charge in [0.1, 0.15) is 5.65 Å². The topological polar surface area (TPSA) is 54.6 Å². The highest BCUT2D eigenvalue weighted by Gasteiger charge is 2.22. The van der Waals surface area contributed by atoms with Crippen molar-refractivity contribution in [3.05, 3.63) is 103 Å². The van der Waals surface area contributed by atoms with Crippen molar-refractivity contribution in [1.29, 1.82) is 5.41 Å². The molecule has 0 saturated carbocycles. The van der Waals surface area contributed by atoms with Crippen molar-refractivity contribution in [3.63, 3.8) is 0 Å². The molecule has 4 nitrogen and oxygen atoms in total. The molecule has 0 amide bonds. The zero-order valence-corrected chi connectivity index (χ0v) is 17.9. The van der Waals surface area contributed by atoms with Gasteiger partial charge in [0, 0.05) is 27.9 Å². The predicted octanol–water partition coefficient (Wildman–Crippen LogP) is 6.94. The Morgan fingerprint density at radius 2 is 1.56 bits per heavy atom. The molecule has 0 aliphatic heterocycles. The molecule has 0 bridgehead atoms. The lowest BCUT2D eigenvalue weighted by atomic mass is 9.97. The average Bonchev–Trinajstić information content (AvgIpc) is 3.19. The number of benzene rings is 3. The second-order valence-electron chi connectivity index (χ2n) is 7.76. The van der Waals surface area contributed by atoms with Crippen LogP contribution in [0.25, 0.3) is 39.0 Å². The summed E-state index contributed by atoms with van der Waals surface area (Å²) >= 11 is 0. The van der Waals surface area contributed by atoms with E-state index in [-0.39, 0.29) is 5.92 Å². The van der Waals surface area contributed by atoms with Gasteiger partial charge in [0.2, 0.25) is 0 Å². The van der Waals surface area contributed by atoms with Crippen LogP contribution in [0, 0.1) is 5.41 Å². The van der Waals surface area contributed by atoms with E-state index in [2.05, 4.69) is 47.0 Å². The van der Waals surface area contributed by atoms with Crippen LogP contribution in [0.15, 0.2) is 97.1 Å². The van der Waals surface area contributed by atoms with Crippen molar-refractivity contribution in [2.24, 2.45) is 0 Å². The minimum atomic E-state index is 0.000455. The Morgan fingerprint density at radius 1 is 0.875 bits per heavy atom. The maximum atomic E-state index is 7.78. The fourth-order valence-corrected chi connectivity index (χ4v) is 4.34. The average molecular weight is 417 g/mol. The van der Waals surface area contributed by atoms with E-state index in [0.717, 1.165) is 38.9 Å². The third-order valence-electron chi connectivity index (χ3n) is 5.74. The van der Waals surface area contributed by atoms with E-state index < -0.39 is 0 Å². The molecule has 2 heterocycles. The van der Waals surface area contributed by atoms with Crippen molar-refractivity contribution in [3.8, 4) is 17.1 Å². The number of aromatic nitrogens is 3. The SMILES string of the molecule is C/C=C\C(CC=N)c1nc(-c2ccccc2)nc2c1c1ccccc1n2-c1ccccc1. The molecule has 1 atom stereocenters. The maximum Gasteiger partial charge on any atom is 0.161 e. The van der Waals surface area contributed by atoms with E-state index in [1.165, 1.54) is 6.21 Å². The summed E-state index contributed by atoms with van der Waals surface area (Å²) in [6.07, 6.45) is 6.24. The highest BCUT2D eigenvalue weighted by Crippen LogP contribution is 2.37. The highest BCUT2D eigenvalue weighted by atomic mass is 15.1. The zero-order valence-electron chi connectivity index (χ0n) is 17.9. The lowest BCUT2D eigenvalue weighted by Crippen LogP contribution is -2.05. The lowest BCUT2D eigenvalue weighted by molar-refractivity contribution is 0.859. The molecule has 4 heteroatoms. The molecule has 3 aromatic carbocycles. The lowest BCUT2D eigenvalue weighted by Gasteiger charge is -2.14. The van der Waals surface area contributed by atoms with Crippen molar-refractivity contribution in [2.45, 2.75) is 19.3 Å². The third kappa shape index (κ3) is 3.40. The van der Waals surface area contributed by atoms with E-state index in [9.17, 15) is 0 Å². The number of hydrogen-bond acceptors (Lipinski definition) is 3. The molecule has 0 fully saturated rings. The Hall–Kier alpha value is -4.05. The molecule has 0 radical (unpaired) electrons. The highest BCUT2D eigenvalue weighted by molar-refractivity contribution is 6.09. The van der Waals surface area contributed by atoms with E-state index in [1.54, 1.807) is 0 Å². The van der Waals surface area contributed by atoms with Gasteiger partial charge in [-0.15, -0.1) is 0 Å². The van der Waals surface area contributed by atoms with E-state index >= 15 is 0 Å². The number of fused-ring (bicyclic) bond motifs is 3. The summed E-state index contributed by atoms with van der Waals surface area (Å²) in [6.45, 7) is 2.01. The van der Waals surface area contributed by atoms with Crippen LogP contribution < -0.4 is 0 Å². The van der Waals surface area contributed by atoms with Crippen LogP contribution in [0.2, 0.25) is 0 Å². The summed E-state index contributed by atoms with van der Waals surface area (Å²) in [5, 5.41) is 9.96. The fourth-order valence-electron chi connectivity index (χ4n) is 4.34. The Morgan fingerprint density at radius 3 is 2.28 bits per heavy atom. The maximum absolute atomic E-state index is 7.78. The van der Waals surface area contributed by atoms with Crippen LogP contribution in [0.5, 0.6) is 0 Å². The van der Waals surface area contributed by atoms with Crippen molar-refractivity contribution in [2.75, 3.05) is 0 Å². The van der Waals surface area contributed by atoms with Crippen molar-refractivity contribution >= 4 is 28.2 Å². The first kappa shape index (κ1) is 19.9. The molecule has 0 aliphatic carbocycles. The molecule has 0 saturated heterocycles. The minimum absolute atomic E-state index is 0.000455. The summed E-state index contributed by atoms with van der Waals surface area (Å²) in [5.74, 6) is 0.702. The molecule has 156 valence electrons. The third-order valence-corrected chi connectivity index (χ3v) is 5.74. The van der Waals surface area contributed by atoms with Gasteiger partial charge in [-0.2, -0.15) is 0 Å². The molecule has 1 unspecified atom stereocenters. The summed E-state index contributed by atoms with van der Waals surface area (Å²) in [6, 6.07) is 28.9. The van der Waals surface area contributed by atoms with Gasteiger partial charge in [-0.25, -0.2) is 9.97 Å². The van der Waals surface area contributed by atoms with Gasteiger partial charge in [-0.1, -0.05) is 78.9 Å². The fraction of sp³-hybridized carbons (Fsp3) is 0.107. The quantitative estimate of drug-likeness (QED) is 0.241. The summed E-state index contributed by atoms with van der Waals surface area (Å²) in [5.41, 5.74) is 5.00. The molecule has 5 rings (SSSR count). The van der Waals surface area contributed by atoms with Gasteiger partial charge >= 0.3 is 0 Å². The zero-order chi connectivity index (χ0) is 21.9. The number of nitrogens with one attached hydrogen (secondary N) is 1. The van der Waals surface area contributed by atoms with Gasteiger partial charge in [-0.3, -0.25) is 4.57 Å². The number of hydrogen-bond donors (Lipinski definition) is 1. The Bertz CT molecular complexity index is 1420. The summed E-state index contributed by atoms with van der Waals surface area (Å²) < 4.78 is 2.22. The molecule has 0 aliphatic rings. The number of para-hydroxylation sites is 2. The van der Waals surface area contributed by atoms with Gasteiger partial charge in [0.15, 0.2) is 5.82 Å². The number of rotatable bonds is 6. The van der Waals surface area contributed by atoms with Gasteiger partial charge in [0.25, 0.3) is 0 Å². The summed E-state index contributed by atoms with van der Waals surface area (Å²) in [4.78, 5) is 10.2. The first-order valence-corrected chi connectivity index (χ1v) is 10.9. The second-order valence-corrected chi connectivity index (χ2v) is 7.76. The first-order valence-electron chi connectivity index (χ1n) is 10.9. The summed E-state index contributed by atoms with van der Waals surface area (Å²) in [7, 11) is 0. The smallest absolute Gasteiger partial charge is 0.161 e. The minimum Gasteiger partial charge on any atom is -0.313 e. The number of allylic oxidation sites excluding steroid dienone is 2. The standard InChI is InChI=1S/C28H24N4/c1-2-11-20(18-19-29)26-25-23-16-9-10-17-24(23)32(22-14-7-4-8-15-22)28(25)31-27(30-26)21-12-5-3-6-13-21/h2-17,19-20,29H,18H2,1H3/b11-2-,29-19?. The monoisotopic (exact) mass is 416 g/mol. The van der Waals surface area contributed by atoms with Crippen molar-refractivity contribution < 1.29 is 0 Å². The Labute approximate surface area is 187 Å². The van der Waals surface area contributed by atoms with Crippen LogP contribution in [0.1, 0.15) is 25.0 Å². The van der Waals surface area contributed by atoms with Crippen molar-refractivity contribution in [1.82, 2.24) is 14.5 Å². The normalized spacial score (nSPS) is 12.5. The van der Waals surface area contributed by atoms with Crippen LogP contribution in [0.4, 0.5) is 0 Å². The van der Waals surface area contributed by atoms with E-state index in [0.29, 0.717) is 12.2 Å². The predicted molar refractivity (Wildman–Crippen MR) is 133 cm³/mol. The molecule has 5 aromatic rings. The van der Waals surface area contributed by atoms with Gasteiger partial charge < -0.3 is 5.41 Å². The van der Waals surface area contributed by atoms with E-state index in [1.807, 2.05) is 61.5 Å². The molecule has 2 aromatic heterocycles. The second kappa shape index (κ2) is 8.60. The van der Waals surface area contributed by atoms with Crippen LogP contribution >= 0.6 is 0 Å². The van der Waals surface area contributed by atoms with Gasteiger partial charge in [-0.05, 0) is 37.8 Å². The molecule has 32 heavy (non-hydrogen) atoms. The van der Waals surface area contributed by atoms with Crippen LogP contribution in [-0.4, -0.2) is 20.7 Å². The molecular formula is C28H24N4. The largest absolute Gasteiger partial charge is 0.313 e. The molecular weight excluding hydrogens is 392 g/mol. The van der Waals surface area contributed by atoms with E-state index in [4.69, 9.17) is 15.4 Å². The Kier molecular flexibility index (Phi) is 5.34. The van der Waals surface area contributed by atoms with Gasteiger partial charge in [0.05, 0.1) is 11.2 Å². The first-order chi connectivity index (χ1) is 15.8.